The van der Waals surface area contributed by atoms with Gasteiger partial charge in [0.05, 0.1) is 17.2 Å². The van der Waals surface area contributed by atoms with E-state index in [1.165, 1.54) is 18.4 Å². The molecule has 2 rings (SSSR count). The molecule has 1 atom stereocenters. The van der Waals surface area contributed by atoms with E-state index >= 15 is 0 Å². The van der Waals surface area contributed by atoms with Gasteiger partial charge in [0.2, 0.25) is 5.91 Å². The molecule has 1 heterocycles. The van der Waals surface area contributed by atoms with Crippen LogP contribution >= 0.6 is 0 Å². The van der Waals surface area contributed by atoms with Crippen LogP contribution in [0.15, 0.2) is 36.9 Å². The van der Waals surface area contributed by atoms with Crippen molar-refractivity contribution < 1.29 is 18.0 Å². The first-order valence-corrected chi connectivity index (χ1v) is 10.1. The lowest BCUT2D eigenvalue weighted by molar-refractivity contribution is -0.120. The van der Waals surface area contributed by atoms with E-state index in [2.05, 4.69) is 17.2 Å². The minimum Gasteiger partial charge on any atom is -0.349 e. The predicted octanol–water partition coefficient (Wildman–Crippen LogP) is 1.06. The zero-order valence-corrected chi connectivity index (χ0v) is 16.5. The SMILES string of the molecule is C=CCNC(=O)c1ccccc1NC(=O)[C@H]1CCCN(S(=O)(=O)N(C)C)C1. The highest BCUT2D eigenvalue weighted by molar-refractivity contribution is 7.86. The lowest BCUT2D eigenvalue weighted by Gasteiger charge is -2.32. The predicted molar refractivity (Wildman–Crippen MR) is 105 cm³/mol. The standard InChI is InChI=1S/C18H26N4O4S/c1-4-11-19-18(24)15-9-5-6-10-16(15)20-17(23)14-8-7-12-22(13-14)27(25,26)21(2)3/h4-6,9-10,14H,1,7-8,11-13H2,2-3H3,(H,19,24)(H,20,23)/t14-/m0/s1. The summed E-state index contributed by atoms with van der Waals surface area (Å²) in [6.45, 7) is 4.39. The van der Waals surface area contributed by atoms with Gasteiger partial charge in [0.25, 0.3) is 16.1 Å². The first-order chi connectivity index (χ1) is 12.8. The molecule has 0 saturated carbocycles. The average Bonchev–Trinajstić information content (AvgIpc) is 2.66. The molecule has 9 heteroatoms. The number of anilines is 1. The number of piperidine rings is 1. The van der Waals surface area contributed by atoms with Crippen LogP contribution in [0, 0.1) is 5.92 Å². The maximum atomic E-state index is 12.7. The molecule has 0 unspecified atom stereocenters. The molecule has 0 bridgehead atoms. The van der Waals surface area contributed by atoms with Crippen LogP contribution in [0.5, 0.6) is 0 Å². The van der Waals surface area contributed by atoms with Crippen LogP contribution in [-0.2, 0) is 15.0 Å². The minimum absolute atomic E-state index is 0.122. The number of nitrogens with zero attached hydrogens (tertiary/aromatic N) is 2. The molecule has 0 spiro atoms. The van der Waals surface area contributed by atoms with Crippen LogP contribution in [0.2, 0.25) is 0 Å². The Morgan fingerprint density at radius 1 is 1.33 bits per heavy atom. The van der Waals surface area contributed by atoms with Crippen molar-refractivity contribution in [2.45, 2.75) is 12.8 Å². The topological polar surface area (TPSA) is 98.8 Å². The molecule has 2 N–H and O–H groups in total. The van der Waals surface area contributed by atoms with E-state index in [-0.39, 0.29) is 18.4 Å². The number of carbonyl (C=O) groups excluding carboxylic acids is 2. The lowest BCUT2D eigenvalue weighted by Crippen LogP contribution is -2.47. The van der Waals surface area contributed by atoms with Crippen LogP contribution in [0.25, 0.3) is 0 Å². The van der Waals surface area contributed by atoms with Gasteiger partial charge in [-0.2, -0.15) is 17.0 Å². The highest BCUT2D eigenvalue weighted by Crippen LogP contribution is 2.23. The molecule has 2 amide bonds. The minimum atomic E-state index is -3.56. The van der Waals surface area contributed by atoms with Crippen molar-refractivity contribution in [3.63, 3.8) is 0 Å². The maximum absolute atomic E-state index is 12.7. The fraction of sp³-hybridized carbons (Fsp3) is 0.444. The van der Waals surface area contributed by atoms with Crippen molar-refractivity contribution in [3.05, 3.63) is 42.5 Å². The Kier molecular flexibility index (Phi) is 7.11. The van der Waals surface area contributed by atoms with Crippen LogP contribution in [0.1, 0.15) is 23.2 Å². The van der Waals surface area contributed by atoms with Crippen molar-refractivity contribution in [1.29, 1.82) is 0 Å². The molecule has 1 aliphatic heterocycles. The maximum Gasteiger partial charge on any atom is 0.281 e. The monoisotopic (exact) mass is 394 g/mol. The van der Waals surface area contributed by atoms with Gasteiger partial charge in [0.1, 0.15) is 0 Å². The zero-order valence-electron chi connectivity index (χ0n) is 15.6. The Bertz CT molecular complexity index is 807. The van der Waals surface area contributed by atoms with Gasteiger partial charge in [-0.3, -0.25) is 9.59 Å². The van der Waals surface area contributed by atoms with Crippen LogP contribution in [-0.4, -0.2) is 62.6 Å². The second-order valence-electron chi connectivity index (χ2n) is 6.52. The van der Waals surface area contributed by atoms with Crippen LogP contribution in [0.4, 0.5) is 5.69 Å². The number of amides is 2. The molecule has 1 aliphatic rings. The summed E-state index contributed by atoms with van der Waals surface area (Å²) in [6.07, 6.45) is 2.77. The third kappa shape index (κ3) is 5.15. The summed E-state index contributed by atoms with van der Waals surface area (Å²) in [4.78, 5) is 24.9. The number of rotatable bonds is 7. The number of hydrogen-bond donors (Lipinski definition) is 2. The first kappa shape index (κ1) is 21.1. The quantitative estimate of drug-likeness (QED) is 0.676. The average molecular weight is 394 g/mol. The number of hydrogen-bond acceptors (Lipinski definition) is 4. The van der Waals surface area contributed by atoms with E-state index in [0.717, 1.165) is 4.31 Å². The summed E-state index contributed by atoms with van der Waals surface area (Å²) in [5, 5.41) is 5.46. The summed E-state index contributed by atoms with van der Waals surface area (Å²) in [6, 6.07) is 6.71. The lowest BCUT2D eigenvalue weighted by atomic mass is 9.98. The first-order valence-electron chi connectivity index (χ1n) is 8.74. The van der Waals surface area contributed by atoms with Crippen molar-refractivity contribution in [2.24, 2.45) is 5.92 Å². The molecule has 1 aromatic carbocycles. The smallest absolute Gasteiger partial charge is 0.281 e. The molecule has 8 nitrogen and oxygen atoms in total. The van der Waals surface area contributed by atoms with E-state index in [1.807, 2.05) is 0 Å². The molecule has 0 aliphatic carbocycles. The Hall–Kier alpha value is -2.23. The van der Waals surface area contributed by atoms with Gasteiger partial charge in [0.15, 0.2) is 0 Å². The van der Waals surface area contributed by atoms with Gasteiger partial charge in [-0.25, -0.2) is 0 Å². The van der Waals surface area contributed by atoms with E-state index in [4.69, 9.17) is 0 Å². The molecular formula is C18H26N4O4S. The molecule has 1 saturated heterocycles. The van der Waals surface area contributed by atoms with Crippen molar-refractivity contribution >= 4 is 27.7 Å². The summed E-state index contributed by atoms with van der Waals surface area (Å²) in [5.41, 5.74) is 0.748. The molecule has 0 aromatic heterocycles. The van der Waals surface area contributed by atoms with Crippen molar-refractivity contribution in [3.8, 4) is 0 Å². The Balaban J connectivity index is 2.11. The Morgan fingerprint density at radius 2 is 2.04 bits per heavy atom. The normalized spacial score (nSPS) is 18.1. The summed E-state index contributed by atoms with van der Waals surface area (Å²) in [7, 11) is -0.619. The van der Waals surface area contributed by atoms with E-state index in [9.17, 15) is 18.0 Å². The van der Waals surface area contributed by atoms with Crippen molar-refractivity contribution in [2.75, 3.05) is 39.0 Å². The van der Waals surface area contributed by atoms with E-state index in [1.54, 1.807) is 30.3 Å². The third-order valence-corrected chi connectivity index (χ3v) is 6.29. The third-order valence-electron chi connectivity index (χ3n) is 4.38. The fourth-order valence-corrected chi connectivity index (χ4v) is 4.07. The van der Waals surface area contributed by atoms with Gasteiger partial charge in [-0.05, 0) is 25.0 Å². The summed E-state index contributed by atoms with van der Waals surface area (Å²) < 4.78 is 27.1. The molecular weight excluding hydrogens is 368 g/mol. The van der Waals surface area contributed by atoms with Gasteiger partial charge in [-0.1, -0.05) is 18.2 Å². The molecule has 1 aromatic rings. The number of nitrogens with one attached hydrogen (secondary N) is 2. The molecule has 27 heavy (non-hydrogen) atoms. The van der Waals surface area contributed by atoms with Gasteiger partial charge >= 0.3 is 0 Å². The summed E-state index contributed by atoms with van der Waals surface area (Å²) >= 11 is 0. The summed E-state index contributed by atoms with van der Waals surface area (Å²) in [5.74, 6) is -1.08. The second kappa shape index (κ2) is 9.12. The van der Waals surface area contributed by atoms with Gasteiger partial charge in [-0.15, -0.1) is 6.58 Å². The van der Waals surface area contributed by atoms with Crippen molar-refractivity contribution in [1.82, 2.24) is 13.9 Å². The number of benzene rings is 1. The van der Waals surface area contributed by atoms with Gasteiger partial charge < -0.3 is 10.6 Å². The highest BCUT2D eigenvalue weighted by Gasteiger charge is 2.33. The number of para-hydroxylation sites is 1. The largest absolute Gasteiger partial charge is 0.349 e. The molecule has 1 fully saturated rings. The molecule has 0 radical (unpaired) electrons. The van der Waals surface area contributed by atoms with Gasteiger partial charge in [0, 0.05) is 33.7 Å². The highest BCUT2D eigenvalue weighted by atomic mass is 32.2. The van der Waals surface area contributed by atoms with Crippen LogP contribution in [0.3, 0.4) is 0 Å². The Labute approximate surface area is 160 Å². The fourth-order valence-electron chi connectivity index (χ4n) is 2.88. The van der Waals surface area contributed by atoms with Crippen LogP contribution < -0.4 is 10.6 Å². The second-order valence-corrected chi connectivity index (χ2v) is 8.66. The van der Waals surface area contributed by atoms with E-state index in [0.29, 0.717) is 37.2 Å². The molecule has 148 valence electrons. The Morgan fingerprint density at radius 3 is 2.70 bits per heavy atom. The zero-order chi connectivity index (χ0) is 20.0. The number of carbonyl (C=O) groups is 2. The van der Waals surface area contributed by atoms with E-state index < -0.39 is 16.1 Å².